The Hall–Kier alpha value is -1.41. The Balaban J connectivity index is 1.88. The van der Waals surface area contributed by atoms with Gasteiger partial charge in [0.1, 0.15) is 0 Å². The first-order valence-corrected chi connectivity index (χ1v) is 9.00. The van der Waals surface area contributed by atoms with E-state index in [4.69, 9.17) is 0 Å². The third kappa shape index (κ3) is 4.28. The van der Waals surface area contributed by atoms with Gasteiger partial charge in [0.25, 0.3) is 0 Å². The van der Waals surface area contributed by atoms with Crippen molar-refractivity contribution < 1.29 is 13.2 Å². The number of aromatic nitrogens is 2. The largest absolute Gasteiger partial charge is 0.350 e. The number of nitrogens with one attached hydrogen (secondary N) is 1. The zero-order valence-electron chi connectivity index (χ0n) is 12.4. The zero-order valence-corrected chi connectivity index (χ0v) is 13.3. The molecule has 2 rings (SSSR count). The van der Waals surface area contributed by atoms with Crippen LogP contribution >= 0.6 is 0 Å². The van der Waals surface area contributed by atoms with E-state index in [-0.39, 0.29) is 18.4 Å². The molecule has 0 aromatic carbocycles. The summed E-state index contributed by atoms with van der Waals surface area (Å²) in [5, 5.41) is 7.14. The van der Waals surface area contributed by atoms with E-state index in [0.29, 0.717) is 13.1 Å². The highest BCUT2D eigenvalue weighted by Gasteiger charge is 2.29. The van der Waals surface area contributed by atoms with Crippen molar-refractivity contribution in [1.29, 1.82) is 0 Å². The monoisotopic (exact) mass is 314 g/mol. The van der Waals surface area contributed by atoms with Crippen LogP contribution in [0.1, 0.15) is 25.5 Å². The molecule has 1 atom stereocenters. The van der Waals surface area contributed by atoms with Gasteiger partial charge in [0.05, 0.1) is 24.4 Å². The number of rotatable bonds is 5. The Labute approximate surface area is 125 Å². The highest BCUT2D eigenvalue weighted by molar-refractivity contribution is 7.88. The first-order valence-electron chi connectivity index (χ1n) is 7.15. The van der Waals surface area contributed by atoms with Crippen molar-refractivity contribution in [3.8, 4) is 0 Å². The number of hydrogen-bond acceptors (Lipinski definition) is 4. The summed E-state index contributed by atoms with van der Waals surface area (Å²) in [7, 11) is -3.22. The van der Waals surface area contributed by atoms with Gasteiger partial charge < -0.3 is 5.32 Å². The molecule has 118 valence electrons. The fraction of sp³-hybridized carbons (Fsp3) is 0.692. The molecule has 0 bridgehead atoms. The van der Waals surface area contributed by atoms with Gasteiger partial charge in [0, 0.05) is 25.8 Å². The van der Waals surface area contributed by atoms with Crippen LogP contribution in [-0.2, 0) is 27.9 Å². The fourth-order valence-electron chi connectivity index (χ4n) is 2.45. The third-order valence-electron chi connectivity index (χ3n) is 3.69. The fourth-order valence-corrected chi connectivity index (χ4v) is 3.37. The average Bonchev–Trinajstić information content (AvgIpc) is 2.92. The predicted octanol–water partition coefficient (Wildman–Crippen LogP) is 0.191. The van der Waals surface area contributed by atoms with Gasteiger partial charge in [-0.05, 0) is 25.8 Å². The van der Waals surface area contributed by atoms with E-state index in [1.54, 1.807) is 4.68 Å². The second kappa shape index (κ2) is 6.57. The summed E-state index contributed by atoms with van der Waals surface area (Å²) in [5.41, 5.74) is 0.806. The number of aryl methyl sites for hydroxylation is 1. The second-order valence-electron chi connectivity index (χ2n) is 5.34. The van der Waals surface area contributed by atoms with E-state index in [1.165, 1.54) is 10.6 Å². The molecule has 0 radical (unpaired) electrons. The normalized spacial score (nSPS) is 20.4. The summed E-state index contributed by atoms with van der Waals surface area (Å²) >= 11 is 0. The molecule has 0 saturated carbocycles. The zero-order chi connectivity index (χ0) is 15.5. The van der Waals surface area contributed by atoms with Gasteiger partial charge in [-0.1, -0.05) is 0 Å². The summed E-state index contributed by atoms with van der Waals surface area (Å²) < 4.78 is 26.3. The average molecular weight is 314 g/mol. The minimum absolute atomic E-state index is 0.102. The van der Waals surface area contributed by atoms with Crippen LogP contribution < -0.4 is 5.32 Å². The van der Waals surface area contributed by atoms with Crippen molar-refractivity contribution >= 4 is 15.9 Å². The van der Waals surface area contributed by atoms with Gasteiger partial charge in [0.15, 0.2) is 0 Å². The van der Waals surface area contributed by atoms with Crippen LogP contribution in [0.4, 0.5) is 0 Å². The maximum atomic E-state index is 12.2. The smallest absolute Gasteiger partial charge is 0.224 e. The lowest BCUT2D eigenvalue weighted by atomic mass is 9.99. The van der Waals surface area contributed by atoms with Crippen molar-refractivity contribution in [2.24, 2.45) is 5.92 Å². The predicted molar refractivity (Wildman–Crippen MR) is 78.9 cm³/mol. The third-order valence-corrected chi connectivity index (χ3v) is 4.96. The van der Waals surface area contributed by atoms with E-state index in [9.17, 15) is 13.2 Å². The molecular formula is C13H22N4O3S. The molecule has 0 aliphatic carbocycles. The molecule has 1 aromatic rings. The molecule has 1 N–H and O–H groups in total. The molecule has 8 heteroatoms. The minimum Gasteiger partial charge on any atom is -0.350 e. The highest BCUT2D eigenvalue weighted by atomic mass is 32.2. The van der Waals surface area contributed by atoms with E-state index in [1.807, 2.05) is 19.2 Å². The van der Waals surface area contributed by atoms with Gasteiger partial charge >= 0.3 is 0 Å². The standard InChI is InChI=1S/C13H22N4O3S/c1-3-16-8-6-12(15-16)9-14-13(18)11-5-4-7-17(10-11)21(2,19)20/h6,8,11H,3-5,7,9-10H2,1-2H3,(H,14,18). The minimum atomic E-state index is -3.22. The Morgan fingerprint density at radius 2 is 2.29 bits per heavy atom. The summed E-state index contributed by atoms with van der Waals surface area (Å²) in [6.07, 6.45) is 4.50. The van der Waals surface area contributed by atoms with Crippen LogP contribution in [0.5, 0.6) is 0 Å². The lowest BCUT2D eigenvalue weighted by Gasteiger charge is -2.30. The van der Waals surface area contributed by atoms with E-state index < -0.39 is 10.0 Å². The molecule has 7 nitrogen and oxygen atoms in total. The highest BCUT2D eigenvalue weighted by Crippen LogP contribution is 2.18. The molecule has 1 aliphatic rings. The first-order chi connectivity index (χ1) is 9.90. The quantitative estimate of drug-likeness (QED) is 0.841. The van der Waals surface area contributed by atoms with Crippen molar-refractivity contribution in [1.82, 2.24) is 19.4 Å². The van der Waals surface area contributed by atoms with Gasteiger partial charge in [0.2, 0.25) is 15.9 Å². The van der Waals surface area contributed by atoms with Crippen LogP contribution in [-0.4, -0.2) is 47.8 Å². The molecule has 0 spiro atoms. The van der Waals surface area contributed by atoms with Crippen molar-refractivity contribution in [2.45, 2.75) is 32.9 Å². The Morgan fingerprint density at radius 3 is 2.90 bits per heavy atom. The Morgan fingerprint density at radius 1 is 1.52 bits per heavy atom. The Bertz CT molecular complexity index is 596. The number of piperidine rings is 1. The molecule has 1 saturated heterocycles. The van der Waals surface area contributed by atoms with Crippen LogP contribution in [0.3, 0.4) is 0 Å². The summed E-state index contributed by atoms with van der Waals surface area (Å²) in [4.78, 5) is 12.2. The lowest BCUT2D eigenvalue weighted by molar-refractivity contribution is -0.126. The van der Waals surface area contributed by atoms with Crippen molar-refractivity contribution in [3.63, 3.8) is 0 Å². The topological polar surface area (TPSA) is 84.3 Å². The van der Waals surface area contributed by atoms with E-state index in [2.05, 4.69) is 10.4 Å². The van der Waals surface area contributed by atoms with Gasteiger partial charge in [-0.15, -0.1) is 0 Å². The second-order valence-corrected chi connectivity index (χ2v) is 7.32. The van der Waals surface area contributed by atoms with Crippen LogP contribution in [0, 0.1) is 5.92 Å². The lowest BCUT2D eigenvalue weighted by Crippen LogP contribution is -2.44. The number of carbonyl (C=O) groups excluding carboxylic acids is 1. The van der Waals surface area contributed by atoms with E-state index >= 15 is 0 Å². The van der Waals surface area contributed by atoms with Gasteiger partial charge in [-0.2, -0.15) is 5.10 Å². The van der Waals surface area contributed by atoms with Gasteiger partial charge in [-0.3, -0.25) is 9.48 Å². The molecule has 1 amide bonds. The van der Waals surface area contributed by atoms with E-state index in [0.717, 1.165) is 25.1 Å². The SMILES string of the molecule is CCn1ccc(CNC(=O)C2CCCN(S(C)(=O)=O)C2)n1. The summed E-state index contributed by atoms with van der Waals surface area (Å²) in [6, 6.07) is 1.87. The molecule has 2 heterocycles. The number of hydrogen-bond donors (Lipinski definition) is 1. The maximum absolute atomic E-state index is 12.2. The Kier molecular flexibility index (Phi) is 5.00. The number of amides is 1. The molecule has 21 heavy (non-hydrogen) atoms. The molecule has 1 aromatic heterocycles. The van der Waals surface area contributed by atoms with Crippen molar-refractivity contribution in [3.05, 3.63) is 18.0 Å². The maximum Gasteiger partial charge on any atom is 0.224 e. The van der Waals surface area contributed by atoms with Gasteiger partial charge in [-0.25, -0.2) is 12.7 Å². The number of carbonyl (C=O) groups is 1. The van der Waals surface area contributed by atoms with Crippen molar-refractivity contribution in [2.75, 3.05) is 19.3 Å². The summed E-state index contributed by atoms with van der Waals surface area (Å²) in [6.45, 7) is 3.94. The molecule has 1 aliphatic heterocycles. The summed E-state index contributed by atoms with van der Waals surface area (Å²) in [5.74, 6) is -0.379. The molecule has 1 unspecified atom stereocenters. The van der Waals surface area contributed by atoms with Crippen LogP contribution in [0.15, 0.2) is 12.3 Å². The molecule has 1 fully saturated rings. The first kappa shape index (κ1) is 16.0. The van der Waals surface area contributed by atoms with Crippen LogP contribution in [0.2, 0.25) is 0 Å². The van der Waals surface area contributed by atoms with Crippen LogP contribution in [0.25, 0.3) is 0 Å². The number of sulfonamides is 1. The molecular weight excluding hydrogens is 292 g/mol. The number of nitrogens with zero attached hydrogens (tertiary/aromatic N) is 3.